The number of carboxylic acid groups (broad SMARTS) is 1. The summed E-state index contributed by atoms with van der Waals surface area (Å²) >= 11 is 0. The Balaban J connectivity index is 1.40. The topological polar surface area (TPSA) is 85.3 Å². The molecule has 3 aliphatic heterocycles. The number of likely N-dealkylation sites (tertiary alicyclic amines) is 1. The molecule has 0 bridgehead atoms. The maximum atomic E-state index is 12.9. The molecule has 3 aliphatic rings. The summed E-state index contributed by atoms with van der Waals surface area (Å²) in [5, 5.41) is 9.37. The van der Waals surface area contributed by atoms with E-state index in [0.29, 0.717) is 31.7 Å². The average Bonchev–Trinajstić information content (AvgIpc) is 3.23. The summed E-state index contributed by atoms with van der Waals surface area (Å²) in [7, 11) is 1.61. The molecule has 28 heavy (non-hydrogen) atoms. The van der Waals surface area contributed by atoms with Crippen molar-refractivity contribution in [1.29, 1.82) is 0 Å². The smallest absolute Gasteiger partial charge is 0.309 e. The molecule has 3 heterocycles. The van der Waals surface area contributed by atoms with E-state index in [1.807, 2.05) is 29.2 Å². The molecule has 1 N–H and O–H groups in total. The van der Waals surface area contributed by atoms with Crippen LogP contribution in [0.1, 0.15) is 24.8 Å². The summed E-state index contributed by atoms with van der Waals surface area (Å²) < 4.78 is 16.7. The number of carbonyl (C=O) groups excluding carboxylic acids is 1. The van der Waals surface area contributed by atoms with Gasteiger partial charge in [0, 0.05) is 25.3 Å². The standard InChI is InChI=1S/C21H25NO6/c1-26-16-2-3-18-14(11-16)10-15(12-28-18)20(23)22-7-4-13(5-8-22)19-17(21(24)25)6-9-27-19/h2-3,10-11,13,17,19H,4-9,12H2,1H3,(H,24,25)/t17?,19-/m0/s1. The zero-order valence-electron chi connectivity index (χ0n) is 15.9. The van der Waals surface area contributed by atoms with E-state index in [9.17, 15) is 14.7 Å². The predicted molar refractivity (Wildman–Crippen MR) is 101 cm³/mol. The molecule has 0 aliphatic carbocycles. The molecule has 0 radical (unpaired) electrons. The van der Waals surface area contributed by atoms with Crippen molar-refractivity contribution >= 4 is 18.0 Å². The van der Waals surface area contributed by atoms with Gasteiger partial charge < -0.3 is 24.2 Å². The van der Waals surface area contributed by atoms with Gasteiger partial charge in [0.2, 0.25) is 0 Å². The fraction of sp³-hybridized carbons (Fsp3) is 0.524. The Morgan fingerprint density at radius 2 is 2.00 bits per heavy atom. The van der Waals surface area contributed by atoms with E-state index in [1.54, 1.807) is 7.11 Å². The fourth-order valence-corrected chi connectivity index (χ4v) is 4.38. The van der Waals surface area contributed by atoms with E-state index in [2.05, 4.69) is 0 Å². The number of fused-ring (bicyclic) bond motifs is 1. The molecule has 1 aromatic carbocycles. The van der Waals surface area contributed by atoms with E-state index in [0.717, 1.165) is 29.9 Å². The number of ether oxygens (including phenoxy) is 3. The van der Waals surface area contributed by atoms with Crippen LogP contribution in [0.25, 0.3) is 6.08 Å². The first-order valence-electron chi connectivity index (χ1n) is 9.72. The van der Waals surface area contributed by atoms with Gasteiger partial charge >= 0.3 is 5.97 Å². The minimum absolute atomic E-state index is 0.0194. The van der Waals surface area contributed by atoms with Crippen molar-refractivity contribution in [2.45, 2.75) is 25.4 Å². The van der Waals surface area contributed by atoms with E-state index < -0.39 is 11.9 Å². The molecule has 1 unspecified atom stereocenters. The highest BCUT2D eigenvalue weighted by Crippen LogP contribution is 2.34. The van der Waals surface area contributed by atoms with Crippen molar-refractivity contribution in [2.75, 3.05) is 33.4 Å². The summed E-state index contributed by atoms with van der Waals surface area (Å²) in [5.74, 6) is 0.433. The summed E-state index contributed by atoms with van der Waals surface area (Å²) in [6, 6.07) is 5.54. The van der Waals surface area contributed by atoms with Crippen LogP contribution in [0.4, 0.5) is 0 Å². The number of carbonyl (C=O) groups is 2. The number of amides is 1. The second-order valence-electron chi connectivity index (χ2n) is 7.56. The Hall–Kier alpha value is -2.54. The Labute approximate surface area is 163 Å². The third-order valence-corrected chi connectivity index (χ3v) is 5.95. The van der Waals surface area contributed by atoms with E-state index in [1.165, 1.54) is 0 Å². The Bertz CT molecular complexity index is 796. The predicted octanol–water partition coefficient (Wildman–Crippen LogP) is 2.20. The van der Waals surface area contributed by atoms with Gasteiger partial charge in [0.25, 0.3) is 5.91 Å². The number of rotatable bonds is 4. The molecule has 150 valence electrons. The molecule has 0 aromatic heterocycles. The van der Waals surface area contributed by atoms with Crippen molar-refractivity contribution in [3.8, 4) is 11.5 Å². The highest BCUT2D eigenvalue weighted by atomic mass is 16.5. The number of aliphatic carboxylic acids is 1. The normalized spacial score (nSPS) is 24.9. The van der Waals surface area contributed by atoms with Gasteiger partial charge in [-0.15, -0.1) is 0 Å². The van der Waals surface area contributed by atoms with Crippen LogP contribution < -0.4 is 9.47 Å². The Morgan fingerprint density at radius 3 is 2.71 bits per heavy atom. The summed E-state index contributed by atoms with van der Waals surface area (Å²) in [6.45, 7) is 1.98. The largest absolute Gasteiger partial charge is 0.497 e. The monoisotopic (exact) mass is 387 g/mol. The van der Waals surface area contributed by atoms with Crippen LogP contribution in [0.5, 0.6) is 11.5 Å². The van der Waals surface area contributed by atoms with Gasteiger partial charge in [0.15, 0.2) is 0 Å². The molecular weight excluding hydrogens is 362 g/mol. The van der Waals surface area contributed by atoms with Gasteiger partial charge in [-0.2, -0.15) is 0 Å². The first-order chi connectivity index (χ1) is 13.6. The van der Waals surface area contributed by atoms with Crippen LogP contribution in [-0.2, 0) is 14.3 Å². The molecule has 4 rings (SSSR count). The van der Waals surface area contributed by atoms with Gasteiger partial charge in [-0.3, -0.25) is 9.59 Å². The van der Waals surface area contributed by atoms with Gasteiger partial charge in [0.05, 0.1) is 24.7 Å². The Morgan fingerprint density at radius 1 is 1.21 bits per heavy atom. The lowest BCUT2D eigenvalue weighted by Gasteiger charge is -2.36. The zero-order valence-corrected chi connectivity index (χ0v) is 15.9. The molecule has 7 nitrogen and oxygen atoms in total. The molecular formula is C21H25NO6. The second kappa shape index (κ2) is 7.83. The van der Waals surface area contributed by atoms with Crippen LogP contribution >= 0.6 is 0 Å². The number of methoxy groups -OCH3 is 1. The zero-order chi connectivity index (χ0) is 19.7. The maximum absolute atomic E-state index is 12.9. The van der Waals surface area contributed by atoms with E-state index >= 15 is 0 Å². The van der Waals surface area contributed by atoms with Gasteiger partial charge in [0.1, 0.15) is 18.1 Å². The number of hydrogen-bond donors (Lipinski definition) is 1. The summed E-state index contributed by atoms with van der Waals surface area (Å²) in [6.07, 6.45) is 3.74. The first kappa shape index (κ1) is 18.8. The molecule has 2 fully saturated rings. The van der Waals surface area contributed by atoms with Crippen molar-refractivity contribution in [2.24, 2.45) is 11.8 Å². The number of carboxylic acids is 1. The molecule has 7 heteroatoms. The van der Waals surface area contributed by atoms with Gasteiger partial charge in [-0.05, 0) is 49.5 Å². The molecule has 2 atom stereocenters. The lowest BCUT2D eigenvalue weighted by atomic mass is 9.84. The van der Waals surface area contributed by atoms with Crippen LogP contribution in [0, 0.1) is 11.8 Å². The maximum Gasteiger partial charge on any atom is 0.309 e. The van der Waals surface area contributed by atoms with Crippen molar-refractivity contribution in [3.63, 3.8) is 0 Å². The highest BCUT2D eigenvalue weighted by Gasteiger charge is 2.41. The van der Waals surface area contributed by atoms with E-state index in [-0.39, 0.29) is 24.5 Å². The summed E-state index contributed by atoms with van der Waals surface area (Å²) in [4.78, 5) is 26.2. The average molecular weight is 387 g/mol. The third kappa shape index (κ3) is 3.58. The van der Waals surface area contributed by atoms with Gasteiger partial charge in [-0.25, -0.2) is 0 Å². The van der Waals surface area contributed by atoms with Crippen LogP contribution in [0.2, 0.25) is 0 Å². The third-order valence-electron chi connectivity index (χ3n) is 5.95. The number of nitrogens with zero attached hydrogens (tertiary/aromatic N) is 1. The van der Waals surface area contributed by atoms with Crippen LogP contribution in [0.15, 0.2) is 23.8 Å². The van der Waals surface area contributed by atoms with Crippen molar-refractivity contribution in [3.05, 3.63) is 29.3 Å². The first-order valence-corrected chi connectivity index (χ1v) is 9.72. The van der Waals surface area contributed by atoms with Gasteiger partial charge in [-0.1, -0.05) is 0 Å². The lowest BCUT2D eigenvalue weighted by molar-refractivity contribution is -0.145. The number of piperidine rings is 1. The molecule has 1 aromatic rings. The molecule has 0 spiro atoms. The molecule has 0 saturated carbocycles. The minimum atomic E-state index is -0.778. The number of hydrogen-bond acceptors (Lipinski definition) is 5. The molecule has 1 amide bonds. The number of benzene rings is 1. The van der Waals surface area contributed by atoms with Crippen molar-refractivity contribution in [1.82, 2.24) is 4.90 Å². The SMILES string of the molecule is COc1ccc2c(c1)C=C(C(=O)N1CCC([C@@H]3OCCC3C(=O)O)CC1)CO2. The fourth-order valence-electron chi connectivity index (χ4n) is 4.38. The highest BCUT2D eigenvalue weighted by molar-refractivity contribution is 5.99. The quantitative estimate of drug-likeness (QED) is 0.853. The Kier molecular flexibility index (Phi) is 5.26. The van der Waals surface area contributed by atoms with E-state index in [4.69, 9.17) is 14.2 Å². The minimum Gasteiger partial charge on any atom is -0.497 e. The second-order valence-corrected chi connectivity index (χ2v) is 7.56. The van der Waals surface area contributed by atoms with Crippen LogP contribution in [-0.4, -0.2) is 61.4 Å². The lowest BCUT2D eigenvalue weighted by Crippen LogP contribution is -2.44. The van der Waals surface area contributed by atoms with Crippen LogP contribution in [0.3, 0.4) is 0 Å². The molecule has 2 saturated heterocycles. The summed E-state index contributed by atoms with van der Waals surface area (Å²) in [5.41, 5.74) is 1.47. The van der Waals surface area contributed by atoms with Crippen molar-refractivity contribution < 1.29 is 28.9 Å².